The first kappa shape index (κ1) is 17.2. The maximum Gasteiger partial charge on any atom is 0.318 e. The zero-order chi connectivity index (χ0) is 17.1. The van der Waals surface area contributed by atoms with E-state index < -0.39 is 0 Å². The lowest BCUT2D eigenvalue weighted by Crippen LogP contribution is -2.57. The molecule has 1 N–H and O–H groups in total. The lowest BCUT2D eigenvalue weighted by Gasteiger charge is -2.40. The number of thiazole rings is 1. The SMILES string of the molecule is Cc1nc([C@@H](C)NC(=O)N2CCN(C3CCCCC3)C(=O)C2)cs1. The number of hydrogen-bond donors (Lipinski definition) is 1. The lowest BCUT2D eigenvalue weighted by atomic mass is 9.93. The number of aryl methyl sites for hydroxylation is 1. The van der Waals surface area contributed by atoms with Crippen LogP contribution >= 0.6 is 11.3 Å². The predicted octanol–water partition coefficient (Wildman–Crippen LogP) is 2.70. The monoisotopic (exact) mass is 350 g/mol. The molecule has 1 saturated carbocycles. The van der Waals surface area contributed by atoms with Gasteiger partial charge >= 0.3 is 6.03 Å². The van der Waals surface area contributed by atoms with Gasteiger partial charge in [-0.05, 0) is 26.7 Å². The van der Waals surface area contributed by atoms with E-state index in [0.717, 1.165) is 23.5 Å². The number of rotatable bonds is 3. The highest BCUT2D eigenvalue weighted by atomic mass is 32.1. The second-order valence-electron chi connectivity index (χ2n) is 6.76. The standard InChI is InChI=1S/C17H26N4O2S/c1-12(15-11-24-13(2)19-15)18-17(23)20-8-9-21(16(22)10-20)14-6-4-3-5-7-14/h11-12,14H,3-10H2,1-2H3,(H,18,23)/t12-/m1/s1. The van der Waals surface area contributed by atoms with Gasteiger partial charge in [0.15, 0.2) is 0 Å². The first-order chi connectivity index (χ1) is 11.5. The fourth-order valence-electron chi connectivity index (χ4n) is 3.57. The molecule has 2 aliphatic rings. The van der Waals surface area contributed by atoms with Gasteiger partial charge in [-0.3, -0.25) is 4.79 Å². The van der Waals surface area contributed by atoms with Crippen molar-refractivity contribution in [3.05, 3.63) is 16.1 Å². The number of nitrogens with one attached hydrogen (secondary N) is 1. The number of piperazine rings is 1. The molecule has 1 aliphatic heterocycles. The van der Waals surface area contributed by atoms with Crippen molar-refractivity contribution in [3.63, 3.8) is 0 Å². The van der Waals surface area contributed by atoms with Crippen molar-refractivity contribution in [3.8, 4) is 0 Å². The summed E-state index contributed by atoms with van der Waals surface area (Å²) in [5.74, 6) is 0.0838. The average Bonchev–Trinajstić information content (AvgIpc) is 3.02. The van der Waals surface area contributed by atoms with Gasteiger partial charge in [-0.1, -0.05) is 19.3 Å². The third kappa shape index (κ3) is 3.88. The Kier molecular flexibility index (Phi) is 5.38. The van der Waals surface area contributed by atoms with Crippen LogP contribution in [0.5, 0.6) is 0 Å². The first-order valence-corrected chi connectivity index (χ1v) is 9.69. The van der Waals surface area contributed by atoms with Crippen molar-refractivity contribution in [1.82, 2.24) is 20.1 Å². The molecule has 0 radical (unpaired) electrons. The minimum Gasteiger partial charge on any atom is -0.336 e. The first-order valence-electron chi connectivity index (χ1n) is 8.81. The van der Waals surface area contributed by atoms with E-state index in [2.05, 4.69) is 10.3 Å². The van der Waals surface area contributed by atoms with Crippen LogP contribution in [0.15, 0.2) is 5.38 Å². The summed E-state index contributed by atoms with van der Waals surface area (Å²) in [5, 5.41) is 5.91. The molecule has 132 valence electrons. The van der Waals surface area contributed by atoms with Crippen LogP contribution in [-0.2, 0) is 4.79 Å². The van der Waals surface area contributed by atoms with E-state index >= 15 is 0 Å². The molecule has 3 amide bonds. The van der Waals surface area contributed by atoms with Crippen LogP contribution < -0.4 is 5.32 Å². The number of nitrogens with zero attached hydrogens (tertiary/aromatic N) is 3. The lowest BCUT2D eigenvalue weighted by molar-refractivity contribution is -0.138. The molecule has 0 bridgehead atoms. The van der Waals surface area contributed by atoms with Crippen LogP contribution in [0.3, 0.4) is 0 Å². The second kappa shape index (κ2) is 7.51. The highest BCUT2D eigenvalue weighted by molar-refractivity contribution is 7.09. The van der Waals surface area contributed by atoms with E-state index in [-0.39, 0.29) is 24.5 Å². The zero-order valence-electron chi connectivity index (χ0n) is 14.5. The summed E-state index contributed by atoms with van der Waals surface area (Å²) < 4.78 is 0. The molecule has 2 fully saturated rings. The van der Waals surface area contributed by atoms with Crippen LogP contribution in [-0.4, -0.2) is 52.4 Å². The van der Waals surface area contributed by atoms with Gasteiger partial charge in [0, 0.05) is 24.5 Å². The third-order valence-electron chi connectivity index (χ3n) is 4.98. The second-order valence-corrected chi connectivity index (χ2v) is 7.83. The van der Waals surface area contributed by atoms with Crippen molar-refractivity contribution in [2.24, 2.45) is 0 Å². The number of hydrogen-bond acceptors (Lipinski definition) is 4. The van der Waals surface area contributed by atoms with E-state index in [1.807, 2.05) is 24.1 Å². The largest absolute Gasteiger partial charge is 0.336 e. The molecule has 3 rings (SSSR count). The van der Waals surface area contributed by atoms with E-state index in [0.29, 0.717) is 19.1 Å². The minimum atomic E-state index is -0.176. The van der Waals surface area contributed by atoms with Crippen molar-refractivity contribution in [2.75, 3.05) is 19.6 Å². The predicted molar refractivity (Wildman–Crippen MR) is 94.0 cm³/mol. The molecule has 0 spiro atoms. The van der Waals surface area contributed by atoms with Crippen molar-refractivity contribution in [1.29, 1.82) is 0 Å². The van der Waals surface area contributed by atoms with E-state index in [1.54, 1.807) is 16.2 Å². The maximum absolute atomic E-state index is 12.5. The number of aromatic nitrogens is 1. The van der Waals surface area contributed by atoms with Crippen molar-refractivity contribution in [2.45, 2.75) is 58.0 Å². The molecular weight excluding hydrogens is 324 g/mol. The zero-order valence-corrected chi connectivity index (χ0v) is 15.3. The van der Waals surface area contributed by atoms with Gasteiger partial charge in [0.2, 0.25) is 5.91 Å². The van der Waals surface area contributed by atoms with Gasteiger partial charge in [0.1, 0.15) is 6.54 Å². The molecule has 2 heterocycles. The Morgan fingerprint density at radius 1 is 1.33 bits per heavy atom. The van der Waals surface area contributed by atoms with E-state index in [1.165, 1.54) is 19.3 Å². The van der Waals surface area contributed by atoms with E-state index in [9.17, 15) is 9.59 Å². The molecule has 7 heteroatoms. The maximum atomic E-state index is 12.5. The fraction of sp³-hybridized carbons (Fsp3) is 0.706. The van der Waals surface area contributed by atoms with Crippen LogP contribution in [0.25, 0.3) is 0 Å². The van der Waals surface area contributed by atoms with Crippen molar-refractivity contribution < 1.29 is 9.59 Å². The smallest absolute Gasteiger partial charge is 0.318 e. The molecule has 6 nitrogen and oxygen atoms in total. The number of carbonyl (C=O) groups is 2. The van der Waals surface area contributed by atoms with Gasteiger partial charge in [-0.2, -0.15) is 0 Å². The van der Waals surface area contributed by atoms with Gasteiger partial charge < -0.3 is 15.1 Å². The topological polar surface area (TPSA) is 65.5 Å². The summed E-state index contributed by atoms with van der Waals surface area (Å²) in [6, 6.07) is 0.0621. The van der Waals surface area contributed by atoms with Gasteiger partial charge in [0.25, 0.3) is 0 Å². The normalized spacial score (nSPS) is 21.0. The summed E-state index contributed by atoms with van der Waals surface area (Å²) in [5.41, 5.74) is 0.873. The molecule has 0 unspecified atom stereocenters. The number of urea groups is 1. The van der Waals surface area contributed by atoms with Crippen LogP contribution in [0.2, 0.25) is 0 Å². The molecule has 1 aromatic rings. The van der Waals surface area contributed by atoms with Crippen LogP contribution in [0, 0.1) is 6.92 Å². The Bertz CT molecular complexity index is 597. The summed E-state index contributed by atoms with van der Waals surface area (Å²) >= 11 is 1.58. The quantitative estimate of drug-likeness (QED) is 0.911. The van der Waals surface area contributed by atoms with Gasteiger partial charge in [-0.15, -0.1) is 11.3 Å². The molecule has 1 aliphatic carbocycles. The molecular formula is C17H26N4O2S. The molecule has 1 saturated heterocycles. The van der Waals surface area contributed by atoms with Crippen molar-refractivity contribution >= 4 is 23.3 Å². The molecule has 1 aromatic heterocycles. The Balaban J connectivity index is 1.53. The minimum absolute atomic E-state index is 0.0838. The number of amides is 3. The molecule has 0 aromatic carbocycles. The summed E-state index contributed by atoms with van der Waals surface area (Å²) in [4.78, 5) is 32.9. The molecule has 1 atom stereocenters. The Labute approximate surface area is 147 Å². The Morgan fingerprint density at radius 2 is 2.08 bits per heavy atom. The average molecular weight is 350 g/mol. The highest BCUT2D eigenvalue weighted by Gasteiger charge is 2.32. The van der Waals surface area contributed by atoms with Crippen LogP contribution in [0.4, 0.5) is 4.79 Å². The molecule has 24 heavy (non-hydrogen) atoms. The summed E-state index contributed by atoms with van der Waals surface area (Å²) in [6.07, 6.45) is 5.92. The van der Waals surface area contributed by atoms with Gasteiger partial charge in [0.05, 0.1) is 16.7 Å². The van der Waals surface area contributed by atoms with Crippen LogP contribution in [0.1, 0.15) is 55.8 Å². The third-order valence-corrected chi connectivity index (χ3v) is 5.77. The van der Waals surface area contributed by atoms with Gasteiger partial charge in [-0.25, -0.2) is 9.78 Å². The highest BCUT2D eigenvalue weighted by Crippen LogP contribution is 2.24. The Morgan fingerprint density at radius 3 is 2.71 bits per heavy atom. The summed E-state index contributed by atoms with van der Waals surface area (Å²) in [6.45, 7) is 5.32. The Hall–Kier alpha value is -1.63. The van der Waals surface area contributed by atoms with E-state index in [4.69, 9.17) is 0 Å². The fourth-order valence-corrected chi connectivity index (χ4v) is 4.27. The summed E-state index contributed by atoms with van der Waals surface area (Å²) in [7, 11) is 0. The number of carbonyl (C=O) groups excluding carboxylic acids is 2.